The molecule has 0 spiro atoms. The molecule has 1 atom stereocenters. The highest BCUT2D eigenvalue weighted by molar-refractivity contribution is 5.37. The summed E-state index contributed by atoms with van der Waals surface area (Å²) in [5.41, 5.74) is 3.76. The number of hydrogen-bond donors (Lipinski definition) is 0. The minimum atomic E-state index is -0.551. The Morgan fingerprint density at radius 2 is 1.63 bits per heavy atom. The molecule has 0 N–H and O–H groups in total. The Morgan fingerprint density at radius 3 is 2.22 bits per heavy atom. The van der Waals surface area contributed by atoms with Gasteiger partial charge in [-0.3, -0.25) is 0 Å². The molecular weight excluding hydrogens is 344 g/mol. The summed E-state index contributed by atoms with van der Waals surface area (Å²) in [5, 5.41) is 0. The Bertz CT molecular complexity index is 732. The largest absolute Gasteiger partial charge is 0.376 e. The molecule has 0 amide bonds. The number of ether oxygens (including phenoxy) is 1. The van der Waals surface area contributed by atoms with Crippen molar-refractivity contribution >= 4 is 0 Å². The summed E-state index contributed by atoms with van der Waals surface area (Å²) < 4.78 is 33.5. The van der Waals surface area contributed by atoms with Crippen molar-refractivity contribution in [3.63, 3.8) is 0 Å². The summed E-state index contributed by atoms with van der Waals surface area (Å²) in [4.78, 5) is 2.36. The number of hydrogen-bond acceptors (Lipinski definition) is 2. The van der Waals surface area contributed by atoms with Gasteiger partial charge in [-0.15, -0.1) is 0 Å². The molecule has 1 saturated carbocycles. The quantitative estimate of drug-likeness (QED) is 0.597. The van der Waals surface area contributed by atoms with E-state index in [1.807, 2.05) is 0 Å². The predicted molar refractivity (Wildman–Crippen MR) is 105 cm³/mol. The minimum absolute atomic E-state index is 0.00379. The Balaban J connectivity index is 1.71. The number of nitrogens with zero attached hydrogens (tertiary/aromatic N) is 1. The standard InChI is InChI=1S/C23H29F2NO/c1-16-6-4-7-17(2)23(16)19(13-26(3)12-18-10-11-18)14-27-15-20-21(24)8-5-9-22(20)25/h4-9,18-19H,10-15H2,1-3H3. The SMILES string of the molecule is Cc1cccc(C)c1C(COCc1c(F)cccc1F)CN(C)CC1CC1. The number of halogens is 2. The Morgan fingerprint density at radius 1 is 1.04 bits per heavy atom. The van der Waals surface area contributed by atoms with Gasteiger partial charge in [0.2, 0.25) is 0 Å². The molecular formula is C23H29F2NO. The molecule has 0 bridgehead atoms. The van der Waals surface area contributed by atoms with Crippen LogP contribution in [0.5, 0.6) is 0 Å². The normalized spacial score (nSPS) is 15.3. The molecule has 146 valence electrons. The Labute approximate surface area is 161 Å². The van der Waals surface area contributed by atoms with Gasteiger partial charge in [0.05, 0.1) is 13.2 Å². The van der Waals surface area contributed by atoms with E-state index in [-0.39, 0.29) is 18.1 Å². The molecule has 1 aliphatic carbocycles. The van der Waals surface area contributed by atoms with Gasteiger partial charge in [0.15, 0.2) is 0 Å². The zero-order valence-electron chi connectivity index (χ0n) is 16.5. The van der Waals surface area contributed by atoms with Crippen LogP contribution in [0.3, 0.4) is 0 Å². The average Bonchev–Trinajstić information content (AvgIpc) is 3.41. The fourth-order valence-corrected chi connectivity index (χ4v) is 3.86. The summed E-state index contributed by atoms with van der Waals surface area (Å²) in [6.07, 6.45) is 2.64. The first-order valence-electron chi connectivity index (χ1n) is 9.71. The summed E-state index contributed by atoms with van der Waals surface area (Å²) in [7, 11) is 2.15. The number of rotatable bonds is 9. The van der Waals surface area contributed by atoms with Crippen LogP contribution in [0.25, 0.3) is 0 Å². The van der Waals surface area contributed by atoms with Crippen molar-refractivity contribution in [3.8, 4) is 0 Å². The number of aryl methyl sites for hydroxylation is 2. The monoisotopic (exact) mass is 373 g/mol. The van der Waals surface area contributed by atoms with Crippen molar-refractivity contribution in [1.29, 1.82) is 0 Å². The van der Waals surface area contributed by atoms with Gasteiger partial charge in [-0.05, 0) is 68.5 Å². The average molecular weight is 373 g/mol. The molecule has 3 rings (SSSR count). The van der Waals surface area contributed by atoms with Crippen LogP contribution >= 0.6 is 0 Å². The molecule has 2 aromatic rings. The fourth-order valence-electron chi connectivity index (χ4n) is 3.86. The van der Waals surface area contributed by atoms with E-state index in [4.69, 9.17) is 4.74 Å². The maximum Gasteiger partial charge on any atom is 0.131 e. The first-order valence-corrected chi connectivity index (χ1v) is 9.71. The highest BCUT2D eigenvalue weighted by atomic mass is 19.1. The van der Waals surface area contributed by atoms with Gasteiger partial charge < -0.3 is 9.64 Å². The third-order valence-corrected chi connectivity index (χ3v) is 5.38. The molecule has 0 heterocycles. The zero-order valence-corrected chi connectivity index (χ0v) is 16.5. The molecule has 0 aromatic heterocycles. The molecule has 27 heavy (non-hydrogen) atoms. The van der Waals surface area contributed by atoms with Crippen LogP contribution in [0.1, 0.15) is 41.0 Å². The second-order valence-corrected chi connectivity index (χ2v) is 7.88. The fraction of sp³-hybridized carbons (Fsp3) is 0.478. The van der Waals surface area contributed by atoms with Crippen molar-refractivity contribution in [1.82, 2.24) is 4.90 Å². The van der Waals surface area contributed by atoms with Crippen LogP contribution in [0.15, 0.2) is 36.4 Å². The maximum atomic E-state index is 13.9. The lowest BCUT2D eigenvalue weighted by molar-refractivity contribution is 0.0922. The van der Waals surface area contributed by atoms with E-state index >= 15 is 0 Å². The van der Waals surface area contributed by atoms with E-state index in [1.54, 1.807) is 0 Å². The van der Waals surface area contributed by atoms with Crippen LogP contribution < -0.4 is 0 Å². The van der Waals surface area contributed by atoms with Crippen LogP contribution in [-0.2, 0) is 11.3 Å². The van der Waals surface area contributed by atoms with Crippen molar-refractivity contribution in [2.45, 2.75) is 39.2 Å². The van der Waals surface area contributed by atoms with Crippen molar-refractivity contribution < 1.29 is 13.5 Å². The van der Waals surface area contributed by atoms with Gasteiger partial charge in [-0.2, -0.15) is 0 Å². The zero-order chi connectivity index (χ0) is 19.4. The van der Waals surface area contributed by atoms with Gasteiger partial charge >= 0.3 is 0 Å². The Kier molecular flexibility index (Phi) is 6.61. The first kappa shape index (κ1) is 20.0. The molecule has 1 fully saturated rings. The van der Waals surface area contributed by atoms with Crippen molar-refractivity contribution in [2.75, 3.05) is 26.7 Å². The van der Waals surface area contributed by atoms with Crippen LogP contribution in [0, 0.1) is 31.4 Å². The number of benzene rings is 2. The van der Waals surface area contributed by atoms with E-state index in [9.17, 15) is 8.78 Å². The van der Waals surface area contributed by atoms with E-state index < -0.39 is 11.6 Å². The van der Waals surface area contributed by atoms with E-state index in [2.05, 4.69) is 44.0 Å². The topological polar surface area (TPSA) is 12.5 Å². The molecule has 2 aromatic carbocycles. The first-order chi connectivity index (χ1) is 13.0. The van der Waals surface area contributed by atoms with Gasteiger partial charge in [0.1, 0.15) is 11.6 Å². The third-order valence-electron chi connectivity index (χ3n) is 5.38. The van der Waals surface area contributed by atoms with Crippen molar-refractivity contribution in [3.05, 3.63) is 70.3 Å². The lowest BCUT2D eigenvalue weighted by atomic mass is 9.90. The van der Waals surface area contributed by atoms with Crippen LogP contribution in [-0.4, -0.2) is 31.6 Å². The highest BCUT2D eigenvalue weighted by Crippen LogP contribution is 2.31. The summed E-state index contributed by atoms with van der Waals surface area (Å²) in [6.45, 7) is 6.60. The summed E-state index contributed by atoms with van der Waals surface area (Å²) >= 11 is 0. The summed E-state index contributed by atoms with van der Waals surface area (Å²) in [5.74, 6) is -0.110. The van der Waals surface area contributed by atoms with Crippen molar-refractivity contribution in [2.24, 2.45) is 5.92 Å². The van der Waals surface area contributed by atoms with Gasteiger partial charge in [0.25, 0.3) is 0 Å². The molecule has 0 saturated heterocycles. The molecule has 4 heteroatoms. The lowest BCUT2D eigenvalue weighted by Gasteiger charge is -2.27. The predicted octanol–water partition coefficient (Wildman–Crippen LogP) is 5.22. The second kappa shape index (κ2) is 8.94. The lowest BCUT2D eigenvalue weighted by Crippen LogP contribution is -2.29. The minimum Gasteiger partial charge on any atom is -0.376 e. The smallest absolute Gasteiger partial charge is 0.131 e. The summed E-state index contributed by atoms with van der Waals surface area (Å²) in [6, 6.07) is 10.2. The van der Waals surface area contributed by atoms with Crippen LogP contribution in [0.4, 0.5) is 8.78 Å². The van der Waals surface area contributed by atoms with Gasteiger partial charge in [-0.1, -0.05) is 24.3 Å². The van der Waals surface area contributed by atoms with E-state index in [0.29, 0.717) is 6.61 Å². The van der Waals surface area contributed by atoms with Crippen LogP contribution in [0.2, 0.25) is 0 Å². The molecule has 1 unspecified atom stereocenters. The third kappa shape index (κ3) is 5.36. The maximum absolute atomic E-state index is 13.9. The second-order valence-electron chi connectivity index (χ2n) is 7.88. The molecule has 0 radical (unpaired) electrons. The Hall–Kier alpha value is -1.78. The molecule has 2 nitrogen and oxygen atoms in total. The van der Waals surface area contributed by atoms with Gasteiger partial charge in [0, 0.05) is 24.6 Å². The van der Waals surface area contributed by atoms with E-state index in [1.165, 1.54) is 47.7 Å². The van der Waals surface area contributed by atoms with Gasteiger partial charge in [-0.25, -0.2) is 8.78 Å². The number of likely N-dealkylation sites (N-methyl/N-ethyl adjacent to an activating group) is 1. The van der Waals surface area contributed by atoms with E-state index in [0.717, 1.165) is 19.0 Å². The highest BCUT2D eigenvalue weighted by Gasteiger charge is 2.25. The molecule has 1 aliphatic rings. The molecule has 0 aliphatic heterocycles.